The Balaban J connectivity index is 1.73. The molecule has 1 unspecified atom stereocenters. The fraction of sp³-hybridized carbons (Fsp3) is 0.120. The van der Waals surface area contributed by atoms with E-state index in [4.69, 9.17) is 32.4 Å². The molecular weight excluding hydrogens is 513 g/mol. The van der Waals surface area contributed by atoms with Gasteiger partial charge < -0.3 is 9.15 Å². The van der Waals surface area contributed by atoms with Gasteiger partial charge in [-0.25, -0.2) is 13.2 Å². The normalized spacial score (nSPS) is 12.5. The molecule has 4 aromatic rings. The summed E-state index contributed by atoms with van der Waals surface area (Å²) >= 11 is 12.3. The quantitative estimate of drug-likeness (QED) is 0.336. The molecular formula is C25H19Cl2NO6S. The predicted octanol–water partition coefficient (Wildman–Crippen LogP) is 5.35. The molecule has 35 heavy (non-hydrogen) atoms. The molecule has 0 aliphatic rings. The molecule has 0 amide bonds. The van der Waals surface area contributed by atoms with Crippen LogP contribution < -0.4 is 14.9 Å². The number of carbonyl (C=O) groups excluding carboxylic acids is 1. The molecule has 0 aliphatic carbocycles. The third kappa shape index (κ3) is 5.26. The van der Waals surface area contributed by atoms with E-state index in [1.807, 2.05) is 6.92 Å². The van der Waals surface area contributed by atoms with Crippen LogP contribution in [0.25, 0.3) is 22.3 Å². The van der Waals surface area contributed by atoms with Crippen LogP contribution in [0.1, 0.15) is 12.5 Å². The highest BCUT2D eigenvalue weighted by Crippen LogP contribution is 2.35. The third-order valence-electron chi connectivity index (χ3n) is 5.15. The molecule has 0 fully saturated rings. The molecule has 180 valence electrons. The zero-order chi connectivity index (χ0) is 25.3. The lowest BCUT2D eigenvalue weighted by Crippen LogP contribution is -2.41. The minimum absolute atomic E-state index is 0.0145. The van der Waals surface area contributed by atoms with E-state index in [0.29, 0.717) is 5.56 Å². The maximum Gasteiger partial charge on any atom is 0.329 e. The van der Waals surface area contributed by atoms with Gasteiger partial charge in [0.2, 0.25) is 21.2 Å². The van der Waals surface area contributed by atoms with Crippen LogP contribution in [0.5, 0.6) is 5.75 Å². The first-order chi connectivity index (χ1) is 16.6. The first-order valence-corrected chi connectivity index (χ1v) is 12.6. The minimum atomic E-state index is -4.02. The van der Waals surface area contributed by atoms with E-state index in [-0.39, 0.29) is 31.7 Å². The Bertz CT molecular complexity index is 1600. The monoisotopic (exact) mass is 531 g/mol. The van der Waals surface area contributed by atoms with Crippen LogP contribution in [0, 0.1) is 6.92 Å². The standard InChI is InChI=1S/C25H19Cl2NO6S/c1-14-7-10-17(11-8-14)35(31,32)28-15(2)25(30)34-24-22(29)19-13-16(26)9-12-21(19)33-23(24)18-5-3-4-6-20(18)27/h3-13,15,28H,1-2H3. The van der Waals surface area contributed by atoms with Crippen LogP contribution in [-0.4, -0.2) is 20.4 Å². The first-order valence-electron chi connectivity index (χ1n) is 10.4. The molecule has 1 aromatic heterocycles. The van der Waals surface area contributed by atoms with Gasteiger partial charge >= 0.3 is 5.97 Å². The Morgan fingerprint density at radius 3 is 2.40 bits per heavy atom. The Morgan fingerprint density at radius 2 is 1.71 bits per heavy atom. The fourth-order valence-electron chi connectivity index (χ4n) is 3.32. The smallest absolute Gasteiger partial charge is 0.329 e. The van der Waals surface area contributed by atoms with E-state index >= 15 is 0 Å². The van der Waals surface area contributed by atoms with Crippen molar-refractivity contribution in [3.63, 3.8) is 0 Å². The van der Waals surface area contributed by atoms with Gasteiger partial charge in [-0.2, -0.15) is 4.72 Å². The number of esters is 1. The molecule has 10 heteroatoms. The van der Waals surface area contributed by atoms with Gasteiger partial charge in [-0.05, 0) is 56.3 Å². The van der Waals surface area contributed by atoms with Gasteiger partial charge in [0.15, 0.2) is 5.76 Å². The van der Waals surface area contributed by atoms with Crippen LogP contribution in [0.2, 0.25) is 10.0 Å². The molecule has 7 nitrogen and oxygen atoms in total. The van der Waals surface area contributed by atoms with E-state index in [0.717, 1.165) is 5.56 Å². The van der Waals surface area contributed by atoms with Crippen molar-refractivity contribution < 1.29 is 22.4 Å². The lowest BCUT2D eigenvalue weighted by atomic mass is 10.1. The van der Waals surface area contributed by atoms with Crippen molar-refractivity contribution in [2.45, 2.75) is 24.8 Å². The zero-order valence-electron chi connectivity index (χ0n) is 18.5. The molecule has 0 bridgehead atoms. The van der Waals surface area contributed by atoms with Crippen LogP contribution in [0.4, 0.5) is 0 Å². The molecule has 1 N–H and O–H groups in total. The van der Waals surface area contributed by atoms with Crippen molar-refractivity contribution in [1.29, 1.82) is 0 Å². The number of carbonyl (C=O) groups is 1. The van der Waals surface area contributed by atoms with Crippen molar-refractivity contribution in [2.24, 2.45) is 0 Å². The van der Waals surface area contributed by atoms with E-state index in [1.54, 1.807) is 42.5 Å². The second kappa shape index (κ2) is 9.83. The first kappa shape index (κ1) is 24.9. The summed E-state index contributed by atoms with van der Waals surface area (Å²) in [4.78, 5) is 26.2. The Kier molecular flexibility index (Phi) is 7.00. The van der Waals surface area contributed by atoms with Crippen molar-refractivity contribution >= 4 is 50.2 Å². The molecule has 1 heterocycles. The minimum Gasteiger partial charge on any atom is -0.452 e. The van der Waals surface area contributed by atoms with Crippen molar-refractivity contribution in [3.05, 3.63) is 92.6 Å². The summed E-state index contributed by atoms with van der Waals surface area (Å²) in [5.74, 6) is -1.51. The van der Waals surface area contributed by atoms with Crippen molar-refractivity contribution in [2.75, 3.05) is 0 Å². The topological polar surface area (TPSA) is 103 Å². The molecule has 4 rings (SSSR count). The molecule has 0 radical (unpaired) electrons. The summed E-state index contributed by atoms with van der Waals surface area (Å²) in [6.07, 6.45) is 0. The summed E-state index contributed by atoms with van der Waals surface area (Å²) in [6.45, 7) is 3.13. The molecule has 0 saturated heterocycles. The fourth-order valence-corrected chi connectivity index (χ4v) is 4.91. The highest BCUT2D eigenvalue weighted by Gasteiger charge is 2.27. The highest BCUT2D eigenvalue weighted by molar-refractivity contribution is 7.89. The average molecular weight is 532 g/mol. The number of hydrogen-bond acceptors (Lipinski definition) is 6. The third-order valence-corrected chi connectivity index (χ3v) is 7.27. The van der Waals surface area contributed by atoms with E-state index in [9.17, 15) is 18.0 Å². The molecule has 0 aliphatic heterocycles. The van der Waals surface area contributed by atoms with Crippen molar-refractivity contribution in [3.8, 4) is 17.1 Å². The van der Waals surface area contributed by atoms with Crippen LogP contribution in [0.3, 0.4) is 0 Å². The van der Waals surface area contributed by atoms with Gasteiger partial charge in [-0.1, -0.05) is 53.0 Å². The molecule has 0 saturated carbocycles. The van der Waals surface area contributed by atoms with Crippen LogP contribution >= 0.6 is 23.2 Å². The van der Waals surface area contributed by atoms with Gasteiger partial charge in [-0.3, -0.25) is 4.79 Å². The lowest BCUT2D eigenvalue weighted by Gasteiger charge is -2.16. The zero-order valence-corrected chi connectivity index (χ0v) is 20.9. The summed E-state index contributed by atoms with van der Waals surface area (Å²) in [5.41, 5.74) is 0.748. The molecule has 0 spiro atoms. The van der Waals surface area contributed by atoms with Gasteiger partial charge in [0.05, 0.1) is 15.3 Å². The second-order valence-corrected chi connectivity index (χ2v) is 10.3. The maximum atomic E-state index is 13.3. The Labute approximate surface area is 211 Å². The van der Waals surface area contributed by atoms with Crippen molar-refractivity contribution in [1.82, 2.24) is 4.72 Å². The Morgan fingerprint density at radius 1 is 1.03 bits per heavy atom. The summed E-state index contributed by atoms with van der Waals surface area (Å²) in [5, 5.41) is 0.630. The number of nitrogens with one attached hydrogen (secondary N) is 1. The average Bonchev–Trinajstić information content (AvgIpc) is 2.81. The van der Waals surface area contributed by atoms with Crippen LogP contribution in [0.15, 0.2) is 80.8 Å². The van der Waals surface area contributed by atoms with E-state index in [1.165, 1.54) is 31.2 Å². The van der Waals surface area contributed by atoms with Gasteiger partial charge in [0.1, 0.15) is 11.6 Å². The van der Waals surface area contributed by atoms with Gasteiger partial charge in [0.25, 0.3) is 0 Å². The number of halogens is 2. The number of hydrogen-bond donors (Lipinski definition) is 1. The number of ether oxygens (including phenoxy) is 1. The summed E-state index contributed by atoms with van der Waals surface area (Å²) < 4.78 is 39.0. The van der Waals surface area contributed by atoms with Gasteiger partial charge in [0, 0.05) is 10.6 Å². The van der Waals surface area contributed by atoms with E-state index < -0.39 is 33.2 Å². The predicted molar refractivity (Wildman–Crippen MR) is 135 cm³/mol. The molecule has 1 atom stereocenters. The van der Waals surface area contributed by atoms with Gasteiger partial charge in [-0.15, -0.1) is 0 Å². The highest BCUT2D eigenvalue weighted by atomic mass is 35.5. The maximum absolute atomic E-state index is 13.3. The SMILES string of the molecule is Cc1ccc(S(=O)(=O)NC(C)C(=O)Oc2c(-c3ccccc3Cl)oc3ccc(Cl)cc3c2=O)cc1. The lowest BCUT2D eigenvalue weighted by molar-refractivity contribution is -0.135. The summed E-state index contributed by atoms with van der Waals surface area (Å²) in [7, 11) is -4.02. The number of benzene rings is 3. The summed E-state index contributed by atoms with van der Waals surface area (Å²) in [6, 6.07) is 15.8. The second-order valence-electron chi connectivity index (χ2n) is 7.79. The molecule has 3 aromatic carbocycles. The number of aryl methyl sites for hydroxylation is 1. The number of fused-ring (bicyclic) bond motifs is 1. The number of rotatable bonds is 6. The largest absolute Gasteiger partial charge is 0.452 e. The Hall–Kier alpha value is -3.17. The number of sulfonamides is 1. The van der Waals surface area contributed by atoms with Crippen LogP contribution in [-0.2, 0) is 14.8 Å². The van der Waals surface area contributed by atoms with E-state index in [2.05, 4.69) is 4.72 Å².